The molecular formula is C18H28FN. The molecule has 0 saturated heterocycles. The van der Waals surface area contributed by atoms with E-state index in [1.807, 2.05) is 12.1 Å². The summed E-state index contributed by atoms with van der Waals surface area (Å²) in [6, 6.07) is 7.75. The van der Waals surface area contributed by atoms with Crippen LogP contribution in [0.2, 0.25) is 0 Å². The Balaban J connectivity index is 1.91. The minimum Gasteiger partial charge on any atom is -0.307 e. The number of rotatable bonds is 5. The third-order valence-electron chi connectivity index (χ3n) is 4.44. The van der Waals surface area contributed by atoms with Gasteiger partial charge in [0.05, 0.1) is 0 Å². The molecular weight excluding hydrogens is 249 g/mol. The van der Waals surface area contributed by atoms with Crippen LogP contribution in [-0.4, -0.2) is 6.04 Å². The highest BCUT2D eigenvalue weighted by Gasteiger charge is 2.24. The molecule has 112 valence electrons. The maximum atomic E-state index is 13.8. The Morgan fingerprint density at radius 2 is 1.95 bits per heavy atom. The van der Waals surface area contributed by atoms with E-state index in [9.17, 15) is 4.39 Å². The molecule has 3 atom stereocenters. The fourth-order valence-corrected chi connectivity index (χ4v) is 3.59. The second kappa shape index (κ2) is 7.21. The summed E-state index contributed by atoms with van der Waals surface area (Å²) in [6.07, 6.45) is 6.47. The van der Waals surface area contributed by atoms with Gasteiger partial charge in [-0.25, -0.2) is 4.39 Å². The molecule has 0 aromatic heterocycles. The van der Waals surface area contributed by atoms with Crippen molar-refractivity contribution in [1.29, 1.82) is 0 Å². The van der Waals surface area contributed by atoms with Crippen molar-refractivity contribution in [2.24, 2.45) is 11.8 Å². The average Bonchev–Trinajstić information content (AvgIpc) is 2.38. The van der Waals surface area contributed by atoms with Crippen molar-refractivity contribution in [2.75, 3.05) is 0 Å². The molecule has 0 bridgehead atoms. The van der Waals surface area contributed by atoms with E-state index >= 15 is 0 Å². The second-order valence-electron chi connectivity index (χ2n) is 6.77. The standard InChI is InChI=1S/C18H28FN/c1-13(2)11-15-7-6-8-16(12-15)20-14(3)17-9-4-5-10-18(17)19/h4-5,9-10,13-16,20H,6-8,11-12H2,1-3H3. The van der Waals surface area contributed by atoms with Gasteiger partial charge in [0.15, 0.2) is 0 Å². The third kappa shape index (κ3) is 4.31. The van der Waals surface area contributed by atoms with Crippen molar-refractivity contribution >= 4 is 0 Å². The molecule has 2 rings (SSSR count). The minimum absolute atomic E-state index is 0.0953. The van der Waals surface area contributed by atoms with E-state index in [4.69, 9.17) is 0 Å². The van der Waals surface area contributed by atoms with Crippen LogP contribution in [0.15, 0.2) is 24.3 Å². The Morgan fingerprint density at radius 3 is 2.65 bits per heavy atom. The van der Waals surface area contributed by atoms with Crippen molar-refractivity contribution in [1.82, 2.24) is 5.32 Å². The van der Waals surface area contributed by atoms with E-state index in [1.54, 1.807) is 12.1 Å². The summed E-state index contributed by atoms with van der Waals surface area (Å²) >= 11 is 0. The second-order valence-corrected chi connectivity index (χ2v) is 6.77. The van der Waals surface area contributed by atoms with Crippen molar-refractivity contribution in [3.05, 3.63) is 35.6 Å². The SMILES string of the molecule is CC(C)CC1CCCC(NC(C)c2ccccc2F)C1. The first-order valence-corrected chi connectivity index (χ1v) is 8.06. The van der Waals surface area contributed by atoms with Gasteiger partial charge in [-0.15, -0.1) is 0 Å². The molecule has 20 heavy (non-hydrogen) atoms. The quantitative estimate of drug-likeness (QED) is 0.791. The normalized spacial score (nSPS) is 24.9. The maximum Gasteiger partial charge on any atom is 0.127 e. The first-order chi connectivity index (χ1) is 9.56. The van der Waals surface area contributed by atoms with E-state index in [1.165, 1.54) is 32.1 Å². The average molecular weight is 277 g/mol. The Labute approximate surface area is 123 Å². The predicted molar refractivity (Wildman–Crippen MR) is 83.2 cm³/mol. The highest BCUT2D eigenvalue weighted by molar-refractivity contribution is 5.20. The molecule has 1 nitrogen and oxygen atoms in total. The van der Waals surface area contributed by atoms with Crippen LogP contribution in [0.1, 0.15) is 64.5 Å². The lowest BCUT2D eigenvalue weighted by molar-refractivity contribution is 0.242. The van der Waals surface area contributed by atoms with E-state index in [0.717, 1.165) is 17.4 Å². The number of halogens is 1. The highest BCUT2D eigenvalue weighted by atomic mass is 19.1. The zero-order valence-corrected chi connectivity index (χ0v) is 13.0. The van der Waals surface area contributed by atoms with Crippen LogP contribution in [0.25, 0.3) is 0 Å². The summed E-state index contributed by atoms with van der Waals surface area (Å²) in [5.41, 5.74) is 0.790. The maximum absolute atomic E-state index is 13.8. The van der Waals surface area contributed by atoms with E-state index in [0.29, 0.717) is 6.04 Å². The molecule has 1 aromatic rings. The molecule has 2 heteroatoms. The molecule has 3 unspecified atom stereocenters. The van der Waals surface area contributed by atoms with Crippen LogP contribution in [0.3, 0.4) is 0 Å². The fourth-order valence-electron chi connectivity index (χ4n) is 3.59. The van der Waals surface area contributed by atoms with Gasteiger partial charge >= 0.3 is 0 Å². The lowest BCUT2D eigenvalue weighted by Gasteiger charge is -2.33. The largest absolute Gasteiger partial charge is 0.307 e. The molecule has 1 aromatic carbocycles. The van der Waals surface area contributed by atoms with Crippen LogP contribution < -0.4 is 5.32 Å². The summed E-state index contributed by atoms with van der Waals surface area (Å²) in [5.74, 6) is 1.53. The first kappa shape index (κ1) is 15.5. The van der Waals surface area contributed by atoms with Gasteiger partial charge in [-0.05, 0) is 44.1 Å². The van der Waals surface area contributed by atoms with Gasteiger partial charge in [-0.2, -0.15) is 0 Å². The lowest BCUT2D eigenvalue weighted by Crippen LogP contribution is -2.36. The fraction of sp³-hybridized carbons (Fsp3) is 0.667. The molecule has 0 heterocycles. The van der Waals surface area contributed by atoms with Gasteiger partial charge in [-0.3, -0.25) is 0 Å². The molecule has 0 amide bonds. The van der Waals surface area contributed by atoms with Crippen LogP contribution >= 0.6 is 0 Å². The molecule has 1 aliphatic carbocycles. The van der Waals surface area contributed by atoms with Crippen LogP contribution in [-0.2, 0) is 0 Å². The zero-order valence-electron chi connectivity index (χ0n) is 13.0. The van der Waals surface area contributed by atoms with Gasteiger partial charge in [-0.1, -0.05) is 44.9 Å². The summed E-state index contributed by atoms with van der Waals surface area (Å²) < 4.78 is 13.8. The highest BCUT2D eigenvalue weighted by Crippen LogP contribution is 2.30. The first-order valence-electron chi connectivity index (χ1n) is 8.06. The summed E-state index contributed by atoms with van der Waals surface area (Å²) in [6.45, 7) is 6.68. The van der Waals surface area contributed by atoms with Gasteiger partial charge in [0.1, 0.15) is 5.82 Å². The minimum atomic E-state index is -0.0953. The van der Waals surface area contributed by atoms with Crippen LogP contribution in [0, 0.1) is 17.7 Å². The number of hydrogen-bond acceptors (Lipinski definition) is 1. The topological polar surface area (TPSA) is 12.0 Å². The van der Waals surface area contributed by atoms with Gasteiger partial charge < -0.3 is 5.32 Å². The Bertz CT molecular complexity index is 416. The van der Waals surface area contributed by atoms with Gasteiger partial charge in [0.25, 0.3) is 0 Å². The Kier molecular flexibility index (Phi) is 5.59. The number of nitrogens with one attached hydrogen (secondary N) is 1. The molecule has 0 aliphatic heterocycles. The van der Waals surface area contributed by atoms with Crippen molar-refractivity contribution < 1.29 is 4.39 Å². The van der Waals surface area contributed by atoms with Gasteiger partial charge in [0.2, 0.25) is 0 Å². The summed E-state index contributed by atoms with van der Waals surface area (Å²) in [5, 5.41) is 3.64. The zero-order chi connectivity index (χ0) is 14.5. The lowest BCUT2D eigenvalue weighted by atomic mass is 9.81. The molecule has 1 saturated carbocycles. The summed E-state index contributed by atoms with van der Waals surface area (Å²) in [7, 11) is 0. The molecule has 0 spiro atoms. The van der Waals surface area contributed by atoms with Crippen LogP contribution in [0.5, 0.6) is 0 Å². The number of benzene rings is 1. The Morgan fingerprint density at radius 1 is 1.20 bits per heavy atom. The smallest absolute Gasteiger partial charge is 0.127 e. The van der Waals surface area contributed by atoms with Gasteiger partial charge in [0, 0.05) is 17.6 Å². The monoisotopic (exact) mass is 277 g/mol. The van der Waals surface area contributed by atoms with E-state index in [-0.39, 0.29) is 11.9 Å². The molecule has 1 fully saturated rings. The number of hydrogen-bond donors (Lipinski definition) is 1. The van der Waals surface area contributed by atoms with E-state index < -0.39 is 0 Å². The van der Waals surface area contributed by atoms with E-state index in [2.05, 4.69) is 26.1 Å². The predicted octanol–water partition coefficient (Wildman–Crippen LogP) is 5.08. The molecule has 0 radical (unpaired) electrons. The third-order valence-corrected chi connectivity index (χ3v) is 4.44. The molecule has 1 aliphatic rings. The van der Waals surface area contributed by atoms with Crippen molar-refractivity contribution in [3.63, 3.8) is 0 Å². The molecule has 1 N–H and O–H groups in total. The van der Waals surface area contributed by atoms with Crippen molar-refractivity contribution in [2.45, 2.75) is 65.0 Å². The van der Waals surface area contributed by atoms with Crippen molar-refractivity contribution in [3.8, 4) is 0 Å². The summed E-state index contributed by atoms with van der Waals surface area (Å²) in [4.78, 5) is 0. The van der Waals surface area contributed by atoms with Crippen LogP contribution in [0.4, 0.5) is 4.39 Å². The Hall–Kier alpha value is -0.890.